The summed E-state index contributed by atoms with van der Waals surface area (Å²) in [5.74, 6) is 0.409. The Kier molecular flexibility index (Phi) is 7.42. The van der Waals surface area contributed by atoms with Crippen LogP contribution in [0.4, 0.5) is 4.79 Å². The molecule has 1 rings (SSSR count). The second-order valence-electron chi connectivity index (χ2n) is 6.36. The summed E-state index contributed by atoms with van der Waals surface area (Å²) in [6, 6.07) is 7.31. The van der Waals surface area contributed by atoms with Crippen LogP contribution in [0.3, 0.4) is 0 Å². The van der Waals surface area contributed by atoms with E-state index in [9.17, 15) is 14.7 Å². The Morgan fingerprint density at radius 3 is 2.39 bits per heavy atom. The molecule has 128 valence electrons. The first-order valence-corrected chi connectivity index (χ1v) is 8.68. The third kappa shape index (κ3) is 8.50. The van der Waals surface area contributed by atoms with Gasteiger partial charge < -0.3 is 15.2 Å². The van der Waals surface area contributed by atoms with Crippen LogP contribution in [0.25, 0.3) is 0 Å². The van der Waals surface area contributed by atoms with E-state index in [1.54, 1.807) is 32.5 Å². The fourth-order valence-electron chi connectivity index (χ4n) is 1.78. The molecule has 1 atom stereocenters. The lowest BCUT2D eigenvalue weighted by Gasteiger charge is -2.21. The van der Waals surface area contributed by atoms with Gasteiger partial charge in [-0.15, -0.1) is 0 Å². The van der Waals surface area contributed by atoms with Crippen molar-refractivity contribution in [1.82, 2.24) is 5.32 Å². The smallest absolute Gasteiger partial charge is 0.408 e. The van der Waals surface area contributed by atoms with Crippen LogP contribution >= 0.6 is 11.8 Å². The molecule has 0 fully saturated rings. The number of aliphatic carboxylic acids is 1. The molecule has 0 bridgehead atoms. The van der Waals surface area contributed by atoms with Crippen molar-refractivity contribution >= 4 is 23.8 Å². The van der Waals surface area contributed by atoms with E-state index < -0.39 is 23.7 Å². The van der Waals surface area contributed by atoms with E-state index in [1.807, 2.05) is 6.92 Å². The minimum Gasteiger partial charge on any atom is -0.480 e. The van der Waals surface area contributed by atoms with Crippen molar-refractivity contribution in [3.63, 3.8) is 0 Å². The average Bonchev–Trinajstić information content (AvgIpc) is 2.42. The number of carboxylic acids is 1. The SMILES string of the molecule is Cc1ccc(CSCCC(NC(=O)OC(C)(C)C)C(=O)O)cc1. The Bertz CT molecular complexity index is 522. The number of alkyl carbamates (subject to hydrolysis) is 1. The molecule has 0 aliphatic carbocycles. The number of hydrogen-bond acceptors (Lipinski definition) is 4. The molecule has 0 saturated heterocycles. The van der Waals surface area contributed by atoms with E-state index >= 15 is 0 Å². The summed E-state index contributed by atoms with van der Waals surface area (Å²) in [5.41, 5.74) is 1.77. The minimum absolute atomic E-state index is 0.352. The first-order chi connectivity index (χ1) is 10.7. The Morgan fingerprint density at radius 1 is 1.26 bits per heavy atom. The van der Waals surface area contributed by atoms with Crippen molar-refractivity contribution in [1.29, 1.82) is 0 Å². The molecule has 1 amide bonds. The van der Waals surface area contributed by atoms with Crippen LogP contribution in [-0.2, 0) is 15.3 Å². The monoisotopic (exact) mass is 339 g/mol. The highest BCUT2D eigenvalue weighted by Crippen LogP contribution is 2.15. The highest BCUT2D eigenvalue weighted by Gasteiger charge is 2.23. The Morgan fingerprint density at radius 2 is 1.87 bits per heavy atom. The topological polar surface area (TPSA) is 75.6 Å². The lowest BCUT2D eigenvalue weighted by atomic mass is 10.2. The van der Waals surface area contributed by atoms with Crippen LogP contribution in [0, 0.1) is 6.92 Å². The van der Waals surface area contributed by atoms with Gasteiger partial charge in [0.05, 0.1) is 0 Å². The van der Waals surface area contributed by atoms with Gasteiger partial charge in [-0.2, -0.15) is 11.8 Å². The molecule has 0 aromatic heterocycles. The maximum absolute atomic E-state index is 11.7. The van der Waals surface area contributed by atoms with E-state index in [2.05, 4.69) is 29.6 Å². The van der Waals surface area contributed by atoms with Crippen molar-refractivity contribution in [2.24, 2.45) is 0 Å². The van der Waals surface area contributed by atoms with Crippen LogP contribution in [0.1, 0.15) is 38.3 Å². The van der Waals surface area contributed by atoms with Gasteiger partial charge in [-0.25, -0.2) is 9.59 Å². The standard InChI is InChI=1S/C17H25NO4S/c1-12-5-7-13(8-6-12)11-23-10-9-14(15(19)20)18-16(21)22-17(2,3)4/h5-8,14H,9-11H2,1-4H3,(H,18,21)(H,19,20). The number of nitrogens with one attached hydrogen (secondary N) is 1. The van der Waals surface area contributed by atoms with E-state index in [-0.39, 0.29) is 0 Å². The number of ether oxygens (including phenoxy) is 1. The zero-order valence-corrected chi connectivity index (χ0v) is 14.9. The molecule has 1 aromatic rings. The normalized spacial score (nSPS) is 12.5. The van der Waals surface area contributed by atoms with Crippen molar-refractivity contribution in [3.8, 4) is 0 Å². The molecule has 23 heavy (non-hydrogen) atoms. The van der Waals surface area contributed by atoms with Gasteiger partial charge in [-0.1, -0.05) is 29.8 Å². The fraction of sp³-hybridized carbons (Fsp3) is 0.529. The second-order valence-corrected chi connectivity index (χ2v) is 7.47. The summed E-state index contributed by atoms with van der Waals surface area (Å²) in [6.45, 7) is 7.25. The van der Waals surface area contributed by atoms with Gasteiger partial charge >= 0.3 is 12.1 Å². The lowest BCUT2D eigenvalue weighted by molar-refractivity contribution is -0.139. The molecule has 0 aliphatic rings. The summed E-state index contributed by atoms with van der Waals surface area (Å²) >= 11 is 1.64. The van der Waals surface area contributed by atoms with Crippen LogP contribution in [0.15, 0.2) is 24.3 Å². The van der Waals surface area contributed by atoms with Crippen molar-refractivity contribution in [3.05, 3.63) is 35.4 Å². The molecule has 6 heteroatoms. The predicted octanol–water partition coefficient (Wildman–Crippen LogP) is 3.60. The molecule has 0 saturated carbocycles. The van der Waals surface area contributed by atoms with Crippen LogP contribution in [-0.4, -0.2) is 34.6 Å². The number of amides is 1. The Balaban J connectivity index is 2.37. The van der Waals surface area contributed by atoms with E-state index in [0.29, 0.717) is 12.2 Å². The first kappa shape index (κ1) is 19.4. The number of carboxylic acid groups (broad SMARTS) is 1. The number of hydrogen-bond donors (Lipinski definition) is 2. The molecule has 0 radical (unpaired) electrons. The molecular weight excluding hydrogens is 314 g/mol. The Labute approximate surface area is 141 Å². The maximum atomic E-state index is 11.7. The maximum Gasteiger partial charge on any atom is 0.408 e. The van der Waals surface area contributed by atoms with Crippen LogP contribution in [0.5, 0.6) is 0 Å². The third-order valence-corrected chi connectivity index (χ3v) is 3.99. The minimum atomic E-state index is -1.05. The summed E-state index contributed by atoms with van der Waals surface area (Å²) in [5, 5.41) is 11.6. The summed E-state index contributed by atoms with van der Waals surface area (Å²) in [4.78, 5) is 22.9. The zero-order chi connectivity index (χ0) is 17.5. The van der Waals surface area contributed by atoms with E-state index in [4.69, 9.17) is 4.74 Å². The summed E-state index contributed by atoms with van der Waals surface area (Å²) < 4.78 is 5.08. The quantitative estimate of drug-likeness (QED) is 0.742. The molecular formula is C17H25NO4S. The van der Waals surface area contributed by atoms with Gasteiger partial charge in [-0.3, -0.25) is 0 Å². The number of rotatable bonds is 7. The molecule has 5 nitrogen and oxygen atoms in total. The summed E-state index contributed by atoms with van der Waals surface area (Å²) in [7, 11) is 0. The van der Waals surface area contributed by atoms with Gasteiger partial charge in [0, 0.05) is 5.75 Å². The van der Waals surface area contributed by atoms with Crippen molar-refractivity contribution in [2.75, 3.05) is 5.75 Å². The first-order valence-electron chi connectivity index (χ1n) is 7.53. The predicted molar refractivity (Wildman–Crippen MR) is 92.8 cm³/mol. The number of benzene rings is 1. The molecule has 0 heterocycles. The zero-order valence-electron chi connectivity index (χ0n) is 14.1. The van der Waals surface area contributed by atoms with Gasteiger partial charge in [0.25, 0.3) is 0 Å². The number of thioether (sulfide) groups is 1. The van der Waals surface area contributed by atoms with Crippen LogP contribution in [0.2, 0.25) is 0 Å². The van der Waals surface area contributed by atoms with Gasteiger partial charge in [-0.05, 0) is 45.4 Å². The average molecular weight is 339 g/mol. The molecule has 1 aromatic carbocycles. The lowest BCUT2D eigenvalue weighted by Crippen LogP contribution is -2.43. The second kappa shape index (κ2) is 8.82. The third-order valence-electron chi connectivity index (χ3n) is 2.93. The molecule has 2 N–H and O–H groups in total. The number of aryl methyl sites for hydroxylation is 1. The largest absolute Gasteiger partial charge is 0.480 e. The van der Waals surface area contributed by atoms with Gasteiger partial charge in [0.1, 0.15) is 11.6 Å². The number of carbonyl (C=O) groups is 2. The summed E-state index contributed by atoms with van der Waals surface area (Å²) in [6.07, 6.45) is -0.348. The van der Waals surface area contributed by atoms with Crippen molar-refractivity contribution < 1.29 is 19.4 Å². The van der Waals surface area contributed by atoms with E-state index in [1.165, 1.54) is 11.1 Å². The highest BCUT2D eigenvalue weighted by molar-refractivity contribution is 7.98. The van der Waals surface area contributed by atoms with E-state index in [0.717, 1.165) is 5.75 Å². The molecule has 0 spiro atoms. The van der Waals surface area contributed by atoms with Crippen LogP contribution < -0.4 is 5.32 Å². The number of carbonyl (C=O) groups excluding carboxylic acids is 1. The molecule has 0 aliphatic heterocycles. The highest BCUT2D eigenvalue weighted by atomic mass is 32.2. The Hall–Kier alpha value is -1.69. The molecule has 1 unspecified atom stereocenters. The van der Waals surface area contributed by atoms with Gasteiger partial charge in [0.15, 0.2) is 0 Å². The van der Waals surface area contributed by atoms with Gasteiger partial charge in [0.2, 0.25) is 0 Å². The van der Waals surface area contributed by atoms with Crippen molar-refractivity contribution in [2.45, 2.75) is 51.5 Å². The fourth-order valence-corrected chi connectivity index (χ4v) is 2.76.